The van der Waals surface area contributed by atoms with Crippen molar-refractivity contribution in [3.63, 3.8) is 0 Å². The van der Waals surface area contributed by atoms with Gasteiger partial charge in [0.25, 0.3) is 0 Å². The van der Waals surface area contributed by atoms with Gasteiger partial charge in [-0.25, -0.2) is 0 Å². The van der Waals surface area contributed by atoms with Crippen LogP contribution in [0, 0.1) is 6.92 Å². The van der Waals surface area contributed by atoms with Gasteiger partial charge in [0.2, 0.25) is 5.75 Å². The largest absolute Gasteiger partial charge is 0.423 e. The van der Waals surface area contributed by atoms with E-state index in [0.29, 0.717) is 5.56 Å². The zero-order valence-electron chi connectivity index (χ0n) is 11.1. The van der Waals surface area contributed by atoms with Gasteiger partial charge in [0, 0.05) is 20.8 Å². The van der Waals surface area contributed by atoms with Crippen molar-refractivity contribution >= 4 is 17.9 Å². The highest BCUT2D eigenvalue weighted by Gasteiger charge is 2.20. The standard InChI is InChI=1S/C13H14O6/c1-7-5-6-11(17-8(2)14)13(19-10(4)16)12(7)18-9(3)15/h5-6H,1-4H3. The smallest absolute Gasteiger partial charge is 0.308 e. The molecule has 0 aliphatic heterocycles. The van der Waals surface area contributed by atoms with Gasteiger partial charge in [-0.15, -0.1) is 0 Å². The van der Waals surface area contributed by atoms with Crippen LogP contribution in [0.1, 0.15) is 26.3 Å². The molecular formula is C13H14O6. The van der Waals surface area contributed by atoms with E-state index < -0.39 is 17.9 Å². The summed E-state index contributed by atoms with van der Waals surface area (Å²) in [5, 5.41) is 0. The van der Waals surface area contributed by atoms with Crippen LogP contribution in [0.4, 0.5) is 0 Å². The molecule has 0 aliphatic carbocycles. The summed E-state index contributed by atoms with van der Waals surface area (Å²) in [5.74, 6) is -1.78. The predicted octanol–water partition coefficient (Wildman–Crippen LogP) is 1.77. The van der Waals surface area contributed by atoms with E-state index >= 15 is 0 Å². The normalized spacial score (nSPS) is 9.68. The molecule has 0 bridgehead atoms. The zero-order chi connectivity index (χ0) is 14.6. The third kappa shape index (κ3) is 4.09. The highest BCUT2D eigenvalue weighted by Crippen LogP contribution is 2.40. The van der Waals surface area contributed by atoms with Crippen LogP contribution in [0.5, 0.6) is 17.2 Å². The van der Waals surface area contributed by atoms with Gasteiger partial charge in [0.15, 0.2) is 11.5 Å². The summed E-state index contributed by atoms with van der Waals surface area (Å²) in [5.41, 5.74) is 0.572. The number of hydrogen-bond acceptors (Lipinski definition) is 6. The van der Waals surface area contributed by atoms with E-state index in [1.165, 1.54) is 26.8 Å². The first kappa shape index (κ1) is 14.7. The molecule has 0 atom stereocenters. The lowest BCUT2D eigenvalue weighted by atomic mass is 10.2. The molecule has 0 heterocycles. The third-order valence-electron chi connectivity index (χ3n) is 2.02. The van der Waals surface area contributed by atoms with Crippen molar-refractivity contribution in [2.45, 2.75) is 27.7 Å². The molecule has 0 unspecified atom stereocenters. The monoisotopic (exact) mass is 266 g/mol. The van der Waals surface area contributed by atoms with Gasteiger partial charge < -0.3 is 14.2 Å². The highest BCUT2D eigenvalue weighted by molar-refractivity contribution is 5.78. The Hall–Kier alpha value is -2.37. The molecular weight excluding hydrogens is 252 g/mol. The van der Waals surface area contributed by atoms with E-state index in [0.717, 1.165) is 0 Å². The van der Waals surface area contributed by atoms with Crippen LogP contribution in [0.15, 0.2) is 12.1 Å². The lowest BCUT2D eigenvalue weighted by Crippen LogP contribution is -2.11. The number of carbonyl (C=O) groups excluding carboxylic acids is 3. The average molecular weight is 266 g/mol. The fourth-order valence-corrected chi connectivity index (χ4v) is 1.39. The maximum atomic E-state index is 11.1. The third-order valence-corrected chi connectivity index (χ3v) is 2.02. The molecule has 0 aliphatic rings. The minimum atomic E-state index is -0.618. The molecule has 0 saturated heterocycles. The van der Waals surface area contributed by atoms with Crippen LogP contribution < -0.4 is 14.2 Å². The number of rotatable bonds is 3. The first-order valence-electron chi connectivity index (χ1n) is 5.50. The van der Waals surface area contributed by atoms with E-state index in [9.17, 15) is 14.4 Å². The molecule has 0 radical (unpaired) electrons. The fraction of sp³-hybridized carbons (Fsp3) is 0.308. The fourth-order valence-electron chi connectivity index (χ4n) is 1.39. The molecule has 0 saturated carbocycles. The molecule has 0 amide bonds. The second-order valence-electron chi connectivity index (χ2n) is 3.82. The molecule has 1 aromatic carbocycles. The number of aryl methyl sites for hydroxylation is 1. The van der Waals surface area contributed by atoms with Crippen LogP contribution >= 0.6 is 0 Å². The first-order valence-corrected chi connectivity index (χ1v) is 5.50. The molecule has 6 nitrogen and oxygen atoms in total. The van der Waals surface area contributed by atoms with Gasteiger partial charge in [-0.3, -0.25) is 14.4 Å². The van der Waals surface area contributed by atoms with E-state index in [4.69, 9.17) is 14.2 Å². The lowest BCUT2D eigenvalue weighted by molar-refractivity contribution is -0.135. The Bertz CT molecular complexity index is 532. The summed E-state index contributed by atoms with van der Waals surface area (Å²) in [6.07, 6.45) is 0. The lowest BCUT2D eigenvalue weighted by Gasteiger charge is -2.14. The highest BCUT2D eigenvalue weighted by atomic mass is 16.6. The van der Waals surface area contributed by atoms with E-state index in [1.54, 1.807) is 13.0 Å². The molecule has 0 aromatic heterocycles. The van der Waals surface area contributed by atoms with E-state index in [-0.39, 0.29) is 17.2 Å². The Morgan fingerprint density at radius 1 is 0.789 bits per heavy atom. The van der Waals surface area contributed by atoms with Gasteiger partial charge in [0.1, 0.15) is 0 Å². The number of hydrogen-bond donors (Lipinski definition) is 0. The maximum Gasteiger partial charge on any atom is 0.308 e. The van der Waals surface area contributed by atoms with Crippen LogP contribution in [0.3, 0.4) is 0 Å². The summed E-state index contributed by atoms with van der Waals surface area (Å²) in [4.78, 5) is 33.2. The summed E-state index contributed by atoms with van der Waals surface area (Å²) >= 11 is 0. The Kier molecular flexibility index (Phi) is 4.63. The molecule has 102 valence electrons. The van der Waals surface area contributed by atoms with Crippen molar-refractivity contribution in [1.29, 1.82) is 0 Å². The summed E-state index contributed by atoms with van der Waals surface area (Å²) in [6, 6.07) is 3.05. The Morgan fingerprint density at radius 2 is 1.26 bits per heavy atom. The van der Waals surface area contributed by atoms with Crippen LogP contribution in [0.2, 0.25) is 0 Å². The van der Waals surface area contributed by atoms with Crippen LogP contribution in [-0.4, -0.2) is 17.9 Å². The molecule has 19 heavy (non-hydrogen) atoms. The number of esters is 3. The van der Waals surface area contributed by atoms with Gasteiger partial charge in [0.05, 0.1) is 0 Å². The van der Waals surface area contributed by atoms with Gasteiger partial charge in [-0.05, 0) is 18.6 Å². The minimum Gasteiger partial charge on any atom is -0.423 e. The Morgan fingerprint density at radius 3 is 1.74 bits per heavy atom. The Labute approximate surface area is 110 Å². The van der Waals surface area contributed by atoms with Crippen molar-refractivity contribution in [3.8, 4) is 17.2 Å². The summed E-state index contributed by atoms with van der Waals surface area (Å²) < 4.78 is 14.9. The molecule has 0 N–H and O–H groups in total. The summed E-state index contributed by atoms with van der Waals surface area (Å²) in [6.45, 7) is 5.29. The predicted molar refractivity (Wildman–Crippen MR) is 65.1 cm³/mol. The van der Waals surface area contributed by atoms with Crippen LogP contribution in [0.25, 0.3) is 0 Å². The average Bonchev–Trinajstić information content (AvgIpc) is 2.25. The molecule has 0 spiro atoms. The molecule has 6 heteroatoms. The summed E-state index contributed by atoms with van der Waals surface area (Å²) in [7, 11) is 0. The van der Waals surface area contributed by atoms with Crippen molar-refractivity contribution < 1.29 is 28.6 Å². The van der Waals surface area contributed by atoms with Gasteiger partial charge in [-0.1, -0.05) is 6.07 Å². The quantitative estimate of drug-likeness (QED) is 0.612. The van der Waals surface area contributed by atoms with Crippen LogP contribution in [-0.2, 0) is 14.4 Å². The first-order chi connectivity index (χ1) is 8.81. The van der Waals surface area contributed by atoms with Crippen molar-refractivity contribution in [2.24, 2.45) is 0 Å². The van der Waals surface area contributed by atoms with Crippen molar-refractivity contribution in [1.82, 2.24) is 0 Å². The Balaban J connectivity index is 3.35. The number of ether oxygens (including phenoxy) is 3. The van der Waals surface area contributed by atoms with Crippen molar-refractivity contribution in [3.05, 3.63) is 17.7 Å². The SMILES string of the molecule is CC(=O)Oc1ccc(C)c(OC(C)=O)c1OC(C)=O. The van der Waals surface area contributed by atoms with Gasteiger partial charge in [-0.2, -0.15) is 0 Å². The molecule has 1 rings (SSSR count). The second kappa shape index (κ2) is 5.99. The second-order valence-corrected chi connectivity index (χ2v) is 3.82. The number of benzene rings is 1. The van der Waals surface area contributed by atoms with E-state index in [2.05, 4.69) is 0 Å². The van der Waals surface area contributed by atoms with Gasteiger partial charge >= 0.3 is 17.9 Å². The number of carbonyl (C=O) groups is 3. The topological polar surface area (TPSA) is 78.9 Å². The maximum absolute atomic E-state index is 11.1. The minimum absolute atomic E-state index is 0.0181. The molecule has 1 aromatic rings. The van der Waals surface area contributed by atoms with Crippen molar-refractivity contribution in [2.75, 3.05) is 0 Å². The van der Waals surface area contributed by atoms with E-state index in [1.807, 2.05) is 0 Å². The zero-order valence-corrected chi connectivity index (χ0v) is 11.1. The molecule has 0 fully saturated rings.